The third-order valence-electron chi connectivity index (χ3n) is 1.17. The van der Waals surface area contributed by atoms with Gasteiger partial charge >= 0.3 is 0 Å². The standard InChI is InChI=1S/C6H13FO3S/c1-6(2,7)4-3-5-11(8,9)10/h3-5H2,1-2H3,(H,8,9,10). The smallest absolute Gasteiger partial charge is 0.264 e. The highest BCUT2D eigenvalue weighted by Crippen LogP contribution is 2.15. The monoisotopic (exact) mass is 184 g/mol. The van der Waals surface area contributed by atoms with Gasteiger partial charge < -0.3 is 0 Å². The lowest BCUT2D eigenvalue weighted by atomic mass is 10.1. The summed E-state index contributed by atoms with van der Waals surface area (Å²) in [4.78, 5) is 0. The molecule has 0 amide bonds. The fourth-order valence-corrected chi connectivity index (χ4v) is 1.18. The summed E-state index contributed by atoms with van der Waals surface area (Å²) < 4.78 is 41.3. The average molecular weight is 184 g/mol. The van der Waals surface area contributed by atoms with Gasteiger partial charge in [0.05, 0.1) is 5.75 Å². The molecule has 0 saturated carbocycles. The first-order valence-corrected chi connectivity index (χ1v) is 4.96. The second-order valence-electron chi connectivity index (χ2n) is 3.11. The van der Waals surface area contributed by atoms with Crippen molar-refractivity contribution in [1.82, 2.24) is 0 Å². The maximum Gasteiger partial charge on any atom is 0.264 e. The van der Waals surface area contributed by atoms with E-state index < -0.39 is 15.8 Å². The molecule has 0 aromatic rings. The van der Waals surface area contributed by atoms with E-state index in [9.17, 15) is 12.8 Å². The second-order valence-corrected chi connectivity index (χ2v) is 4.68. The van der Waals surface area contributed by atoms with Crippen molar-refractivity contribution in [1.29, 1.82) is 0 Å². The molecule has 0 aliphatic carbocycles. The molecule has 68 valence electrons. The van der Waals surface area contributed by atoms with Crippen LogP contribution in [0.4, 0.5) is 4.39 Å². The molecule has 3 nitrogen and oxygen atoms in total. The molecule has 0 unspecified atom stereocenters. The van der Waals surface area contributed by atoms with Crippen molar-refractivity contribution >= 4 is 10.1 Å². The highest BCUT2D eigenvalue weighted by molar-refractivity contribution is 7.85. The van der Waals surface area contributed by atoms with Crippen LogP contribution in [0.1, 0.15) is 26.7 Å². The Hall–Kier alpha value is -0.160. The Morgan fingerprint density at radius 3 is 2.18 bits per heavy atom. The first kappa shape index (κ1) is 10.8. The van der Waals surface area contributed by atoms with Crippen molar-refractivity contribution in [2.24, 2.45) is 0 Å². The van der Waals surface area contributed by atoms with E-state index in [2.05, 4.69) is 0 Å². The van der Waals surface area contributed by atoms with E-state index in [4.69, 9.17) is 4.55 Å². The van der Waals surface area contributed by atoms with Crippen LogP contribution in [0, 0.1) is 0 Å². The van der Waals surface area contributed by atoms with Crippen LogP contribution in [0.25, 0.3) is 0 Å². The van der Waals surface area contributed by atoms with Crippen LogP contribution in [0.3, 0.4) is 0 Å². The Bertz CT molecular complexity index is 202. The molecule has 0 fully saturated rings. The van der Waals surface area contributed by atoms with Crippen molar-refractivity contribution in [3.63, 3.8) is 0 Å². The summed E-state index contributed by atoms with van der Waals surface area (Å²) in [5, 5.41) is 0. The normalized spacial score (nSPS) is 13.5. The number of hydrogen-bond acceptors (Lipinski definition) is 2. The van der Waals surface area contributed by atoms with Crippen LogP contribution in [-0.4, -0.2) is 24.4 Å². The molecular formula is C6H13FO3S. The zero-order chi connectivity index (χ0) is 9.12. The average Bonchev–Trinajstić information content (AvgIpc) is 1.55. The molecule has 0 aliphatic rings. The highest BCUT2D eigenvalue weighted by atomic mass is 32.2. The van der Waals surface area contributed by atoms with Gasteiger partial charge in [0, 0.05) is 0 Å². The van der Waals surface area contributed by atoms with Gasteiger partial charge in [0.15, 0.2) is 0 Å². The van der Waals surface area contributed by atoms with Gasteiger partial charge in [-0.1, -0.05) is 0 Å². The van der Waals surface area contributed by atoms with Crippen molar-refractivity contribution < 1.29 is 17.4 Å². The Balaban J connectivity index is 3.61. The largest absolute Gasteiger partial charge is 0.286 e. The minimum atomic E-state index is -3.91. The first-order chi connectivity index (χ1) is 4.71. The van der Waals surface area contributed by atoms with Gasteiger partial charge in [-0.15, -0.1) is 0 Å². The van der Waals surface area contributed by atoms with Crippen LogP contribution in [-0.2, 0) is 10.1 Å². The lowest BCUT2D eigenvalue weighted by Crippen LogP contribution is -2.14. The zero-order valence-corrected chi connectivity index (χ0v) is 7.49. The summed E-state index contributed by atoms with van der Waals surface area (Å²) >= 11 is 0. The quantitative estimate of drug-likeness (QED) is 0.672. The molecule has 0 radical (unpaired) electrons. The third-order valence-corrected chi connectivity index (χ3v) is 1.98. The van der Waals surface area contributed by atoms with Crippen LogP contribution < -0.4 is 0 Å². The molecule has 0 aliphatic heterocycles. The number of alkyl halides is 1. The molecule has 11 heavy (non-hydrogen) atoms. The fourth-order valence-electron chi connectivity index (χ4n) is 0.675. The summed E-state index contributed by atoms with van der Waals surface area (Å²) in [7, 11) is -3.91. The summed E-state index contributed by atoms with van der Waals surface area (Å²) in [5.74, 6) is -0.361. The Kier molecular flexibility index (Phi) is 3.44. The molecule has 0 aromatic carbocycles. The van der Waals surface area contributed by atoms with Crippen molar-refractivity contribution in [3.8, 4) is 0 Å². The SMILES string of the molecule is CC(C)(F)CCCS(=O)(=O)O. The Labute approximate surface area is 66.4 Å². The lowest BCUT2D eigenvalue weighted by Gasteiger charge is -2.11. The molecule has 0 atom stereocenters. The molecule has 0 spiro atoms. The van der Waals surface area contributed by atoms with Crippen LogP contribution >= 0.6 is 0 Å². The molecule has 5 heteroatoms. The van der Waals surface area contributed by atoms with E-state index >= 15 is 0 Å². The summed E-state index contributed by atoms with van der Waals surface area (Å²) in [6.07, 6.45) is 0.301. The van der Waals surface area contributed by atoms with Gasteiger partial charge in [0.1, 0.15) is 5.67 Å². The number of halogens is 1. The summed E-state index contributed by atoms with van der Waals surface area (Å²) in [6.45, 7) is 2.74. The van der Waals surface area contributed by atoms with Gasteiger partial charge in [0.25, 0.3) is 10.1 Å². The molecule has 0 heterocycles. The van der Waals surface area contributed by atoms with E-state index in [-0.39, 0.29) is 18.6 Å². The number of hydrogen-bond donors (Lipinski definition) is 1. The predicted octanol–water partition coefficient (Wildman–Crippen LogP) is 1.40. The topological polar surface area (TPSA) is 54.4 Å². The molecule has 1 N–H and O–H groups in total. The molecule has 0 saturated heterocycles. The van der Waals surface area contributed by atoms with Crippen molar-refractivity contribution in [2.45, 2.75) is 32.4 Å². The molecule has 0 aromatic heterocycles. The minimum Gasteiger partial charge on any atom is -0.286 e. The van der Waals surface area contributed by atoms with Crippen LogP contribution in [0.5, 0.6) is 0 Å². The predicted molar refractivity (Wildman–Crippen MR) is 40.8 cm³/mol. The number of rotatable bonds is 4. The van der Waals surface area contributed by atoms with Gasteiger partial charge in [-0.05, 0) is 26.7 Å². The highest BCUT2D eigenvalue weighted by Gasteiger charge is 2.16. The summed E-state index contributed by atoms with van der Waals surface area (Å²) in [6, 6.07) is 0. The van der Waals surface area contributed by atoms with E-state index in [0.717, 1.165) is 0 Å². The maximum atomic E-state index is 12.7. The molecule has 0 rings (SSSR count). The fraction of sp³-hybridized carbons (Fsp3) is 1.00. The van der Waals surface area contributed by atoms with Crippen molar-refractivity contribution in [2.75, 3.05) is 5.75 Å². The minimum absolute atomic E-state index is 0.146. The molecule has 0 bridgehead atoms. The summed E-state index contributed by atoms with van der Waals surface area (Å²) in [5.41, 5.74) is -1.36. The Morgan fingerprint density at radius 2 is 1.91 bits per heavy atom. The Morgan fingerprint density at radius 1 is 1.45 bits per heavy atom. The maximum absolute atomic E-state index is 12.7. The van der Waals surface area contributed by atoms with Gasteiger partial charge in [-0.2, -0.15) is 8.42 Å². The van der Waals surface area contributed by atoms with E-state index in [1.165, 1.54) is 13.8 Å². The van der Waals surface area contributed by atoms with Gasteiger partial charge in [-0.3, -0.25) is 4.55 Å². The second kappa shape index (κ2) is 3.49. The van der Waals surface area contributed by atoms with Gasteiger partial charge in [-0.25, -0.2) is 4.39 Å². The van der Waals surface area contributed by atoms with E-state index in [0.29, 0.717) is 0 Å². The third kappa shape index (κ3) is 9.84. The molecular weight excluding hydrogens is 171 g/mol. The lowest BCUT2D eigenvalue weighted by molar-refractivity contribution is 0.200. The van der Waals surface area contributed by atoms with Crippen molar-refractivity contribution in [3.05, 3.63) is 0 Å². The van der Waals surface area contributed by atoms with Crippen LogP contribution in [0.15, 0.2) is 0 Å². The van der Waals surface area contributed by atoms with Gasteiger partial charge in [0.2, 0.25) is 0 Å². The first-order valence-electron chi connectivity index (χ1n) is 3.35. The van der Waals surface area contributed by atoms with E-state index in [1.54, 1.807) is 0 Å². The zero-order valence-electron chi connectivity index (χ0n) is 6.67. The van der Waals surface area contributed by atoms with Crippen LogP contribution in [0.2, 0.25) is 0 Å². The van der Waals surface area contributed by atoms with E-state index in [1.807, 2.05) is 0 Å².